The fourth-order valence-electron chi connectivity index (χ4n) is 2.79. The van der Waals surface area contributed by atoms with E-state index in [1.807, 2.05) is 0 Å². The van der Waals surface area contributed by atoms with Gasteiger partial charge in [0.2, 0.25) is 0 Å². The van der Waals surface area contributed by atoms with E-state index in [1.165, 1.54) is 12.8 Å². The van der Waals surface area contributed by atoms with Crippen molar-refractivity contribution in [3.8, 4) is 0 Å². The highest BCUT2D eigenvalue weighted by Gasteiger charge is 2.15. The number of carbonyl (C=O) groups is 1. The van der Waals surface area contributed by atoms with Gasteiger partial charge in [0.25, 0.3) is 5.91 Å². The standard InChI is InChI=1S/C15H23N5O2/c21-15(16-3-6-19-7-9-22-10-8-19)13-11-18-14(12-17-13)20-4-1-2-5-20/h11-12H,1-10H2,(H,16,21). The Bertz CT molecular complexity index is 481. The summed E-state index contributed by atoms with van der Waals surface area (Å²) in [7, 11) is 0. The van der Waals surface area contributed by atoms with Crippen LogP contribution in [0.15, 0.2) is 12.4 Å². The van der Waals surface area contributed by atoms with E-state index in [9.17, 15) is 4.79 Å². The lowest BCUT2D eigenvalue weighted by Crippen LogP contribution is -2.41. The Hall–Kier alpha value is -1.73. The van der Waals surface area contributed by atoms with Gasteiger partial charge < -0.3 is 15.0 Å². The molecule has 0 spiro atoms. The van der Waals surface area contributed by atoms with E-state index < -0.39 is 0 Å². The number of hydrogen-bond acceptors (Lipinski definition) is 6. The van der Waals surface area contributed by atoms with Gasteiger partial charge in [-0.05, 0) is 12.8 Å². The molecule has 0 radical (unpaired) electrons. The maximum absolute atomic E-state index is 12.0. The summed E-state index contributed by atoms with van der Waals surface area (Å²) >= 11 is 0. The first-order valence-electron chi connectivity index (χ1n) is 7.98. The molecule has 22 heavy (non-hydrogen) atoms. The van der Waals surface area contributed by atoms with Gasteiger partial charge in [0, 0.05) is 39.3 Å². The highest BCUT2D eigenvalue weighted by Crippen LogP contribution is 2.16. The molecule has 0 unspecified atom stereocenters. The number of ether oxygens (including phenoxy) is 1. The Morgan fingerprint density at radius 3 is 2.59 bits per heavy atom. The van der Waals surface area contributed by atoms with E-state index in [-0.39, 0.29) is 5.91 Å². The molecule has 0 aliphatic carbocycles. The second-order valence-corrected chi connectivity index (χ2v) is 5.66. The molecule has 1 N–H and O–H groups in total. The highest BCUT2D eigenvalue weighted by molar-refractivity contribution is 5.92. The van der Waals surface area contributed by atoms with Gasteiger partial charge >= 0.3 is 0 Å². The number of nitrogens with zero attached hydrogens (tertiary/aromatic N) is 4. The zero-order chi connectivity index (χ0) is 15.2. The third-order valence-corrected chi connectivity index (χ3v) is 4.12. The molecule has 120 valence electrons. The molecule has 1 aromatic heterocycles. The molecule has 3 rings (SSSR count). The number of carbonyl (C=O) groups excluding carboxylic acids is 1. The normalized spacial score (nSPS) is 19.4. The van der Waals surface area contributed by atoms with Gasteiger partial charge in [0.05, 0.1) is 25.6 Å². The van der Waals surface area contributed by atoms with Crippen LogP contribution in [0, 0.1) is 0 Å². The Morgan fingerprint density at radius 2 is 1.91 bits per heavy atom. The van der Waals surface area contributed by atoms with Crippen LogP contribution in [0.3, 0.4) is 0 Å². The lowest BCUT2D eigenvalue weighted by Gasteiger charge is -2.26. The number of aromatic nitrogens is 2. The number of nitrogens with one attached hydrogen (secondary N) is 1. The maximum Gasteiger partial charge on any atom is 0.271 e. The van der Waals surface area contributed by atoms with Crippen molar-refractivity contribution in [2.75, 3.05) is 57.4 Å². The van der Waals surface area contributed by atoms with Gasteiger partial charge in [-0.1, -0.05) is 0 Å². The smallest absolute Gasteiger partial charge is 0.271 e. The molecule has 0 saturated carbocycles. The predicted octanol–water partition coefficient (Wildman–Crippen LogP) is 0.139. The largest absolute Gasteiger partial charge is 0.379 e. The van der Waals surface area contributed by atoms with E-state index >= 15 is 0 Å². The van der Waals surface area contributed by atoms with Crippen LogP contribution < -0.4 is 10.2 Å². The summed E-state index contributed by atoms with van der Waals surface area (Å²) in [4.78, 5) is 25.1. The van der Waals surface area contributed by atoms with Gasteiger partial charge in [-0.25, -0.2) is 9.97 Å². The van der Waals surface area contributed by atoms with Crippen LogP contribution in [0.4, 0.5) is 5.82 Å². The summed E-state index contributed by atoms with van der Waals surface area (Å²) in [5.74, 6) is 0.705. The first kappa shape index (κ1) is 15.2. The molecule has 2 fully saturated rings. The molecule has 7 heteroatoms. The van der Waals surface area contributed by atoms with Gasteiger partial charge in [-0.2, -0.15) is 0 Å². The van der Waals surface area contributed by atoms with Gasteiger partial charge in [0.15, 0.2) is 0 Å². The summed E-state index contributed by atoms with van der Waals surface area (Å²) < 4.78 is 5.30. The molecule has 0 bridgehead atoms. The Balaban J connectivity index is 1.45. The topological polar surface area (TPSA) is 70.6 Å². The molecule has 1 aromatic rings. The van der Waals surface area contributed by atoms with Crippen molar-refractivity contribution in [3.63, 3.8) is 0 Å². The van der Waals surface area contributed by atoms with Crippen LogP contribution in [-0.2, 0) is 4.74 Å². The molecule has 0 aromatic carbocycles. The van der Waals surface area contributed by atoms with Crippen LogP contribution >= 0.6 is 0 Å². The monoisotopic (exact) mass is 305 g/mol. The molecule has 2 saturated heterocycles. The summed E-state index contributed by atoms with van der Waals surface area (Å²) in [5, 5.41) is 2.90. The quantitative estimate of drug-likeness (QED) is 0.834. The third kappa shape index (κ3) is 3.92. The zero-order valence-electron chi connectivity index (χ0n) is 12.8. The fourth-order valence-corrected chi connectivity index (χ4v) is 2.79. The zero-order valence-corrected chi connectivity index (χ0v) is 12.8. The summed E-state index contributed by atoms with van der Waals surface area (Å²) in [6.07, 6.45) is 5.66. The minimum absolute atomic E-state index is 0.159. The van der Waals surface area contributed by atoms with Crippen molar-refractivity contribution in [1.82, 2.24) is 20.2 Å². The summed E-state index contributed by atoms with van der Waals surface area (Å²) in [5.41, 5.74) is 0.380. The summed E-state index contributed by atoms with van der Waals surface area (Å²) in [6, 6.07) is 0. The van der Waals surface area contributed by atoms with Crippen LogP contribution in [-0.4, -0.2) is 73.3 Å². The van der Waals surface area contributed by atoms with Gasteiger partial charge in [-0.3, -0.25) is 9.69 Å². The lowest BCUT2D eigenvalue weighted by atomic mass is 10.4. The minimum atomic E-state index is -0.159. The van der Waals surface area contributed by atoms with E-state index in [0.29, 0.717) is 12.2 Å². The van der Waals surface area contributed by atoms with E-state index in [4.69, 9.17) is 4.74 Å². The number of anilines is 1. The van der Waals surface area contributed by atoms with Crippen LogP contribution in [0.25, 0.3) is 0 Å². The first-order chi connectivity index (χ1) is 10.8. The second-order valence-electron chi connectivity index (χ2n) is 5.66. The van der Waals surface area contributed by atoms with Gasteiger partial charge in [0.1, 0.15) is 11.5 Å². The van der Waals surface area contributed by atoms with Crippen LogP contribution in [0.1, 0.15) is 23.3 Å². The molecule has 3 heterocycles. The average Bonchev–Trinajstić information content (AvgIpc) is 3.10. The second kappa shape index (κ2) is 7.51. The SMILES string of the molecule is O=C(NCCN1CCOCC1)c1cnc(N2CCCC2)cn1. The van der Waals surface area contributed by atoms with E-state index in [0.717, 1.165) is 51.8 Å². The predicted molar refractivity (Wildman–Crippen MR) is 83.1 cm³/mol. The van der Waals surface area contributed by atoms with Crippen LogP contribution in [0.5, 0.6) is 0 Å². The molecule has 2 aliphatic rings. The summed E-state index contributed by atoms with van der Waals surface area (Å²) in [6.45, 7) is 6.93. The molecule has 1 amide bonds. The first-order valence-corrected chi connectivity index (χ1v) is 7.98. The molecule has 7 nitrogen and oxygen atoms in total. The number of morpholine rings is 1. The fraction of sp³-hybridized carbons (Fsp3) is 0.667. The average molecular weight is 305 g/mol. The van der Waals surface area contributed by atoms with Crippen molar-refractivity contribution in [2.24, 2.45) is 0 Å². The van der Waals surface area contributed by atoms with Crippen LogP contribution in [0.2, 0.25) is 0 Å². The molecule has 2 aliphatic heterocycles. The van der Waals surface area contributed by atoms with E-state index in [1.54, 1.807) is 12.4 Å². The van der Waals surface area contributed by atoms with Gasteiger partial charge in [-0.15, -0.1) is 0 Å². The molecular formula is C15H23N5O2. The number of hydrogen-bond donors (Lipinski definition) is 1. The number of amides is 1. The Morgan fingerprint density at radius 1 is 1.14 bits per heavy atom. The minimum Gasteiger partial charge on any atom is -0.379 e. The maximum atomic E-state index is 12.0. The van der Waals surface area contributed by atoms with Crippen molar-refractivity contribution < 1.29 is 9.53 Å². The molecule has 0 atom stereocenters. The van der Waals surface area contributed by atoms with E-state index in [2.05, 4.69) is 25.1 Å². The highest BCUT2D eigenvalue weighted by atomic mass is 16.5. The molecular weight excluding hydrogens is 282 g/mol. The third-order valence-electron chi connectivity index (χ3n) is 4.12. The Labute approximate surface area is 130 Å². The number of rotatable bonds is 5. The van der Waals surface area contributed by atoms with Crippen molar-refractivity contribution in [3.05, 3.63) is 18.1 Å². The van der Waals surface area contributed by atoms with Crippen molar-refractivity contribution in [1.29, 1.82) is 0 Å². The van der Waals surface area contributed by atoms with Crippen molar-refractivity contribution >= 4 is 11.7 Å². The Kier molecular flexibility index (Phi) is 5.18. The lowest BCUT2D eigenvalue weighted by molar-refractivity contribution is 0.0383. The van der Waals surface area contributed by atoms with Crippen molar-refractivity contribution in [2.45, 2.75) is 12.8 Å².